The van der Waals surface area contributed by atoms with Crippen LogP contribution in [0.4, 0.5) is 5.69 Å². The molecule has 0 aliphatic rings. The molecule has 4 nitrogen and oxygen atoms in total. The van der Waals surface area contributed by atoms with Crippen molar-refractivity contribution in [1.82, 2.24) is 9.55 Å². The van der Waals surface area contributed by atoms with E-state index in [1.54, 1.807) is 7.11 Å². The summed E-state index contributed by atoms with van der Waals surface area (Å²) in [6, 6.07) is 3.90. The van der Waals surface area contributed by atoms with Crippen molar-refractivity contribution in [3.05, 3.63) is 18.0 Å². The first-order valence-corrected chi connectivity index (χ1v) is 7.14. The first-order chi connectivity index (χ1) is 9.24. The van der Waals surface area contributed by atoms with Crippen LogP contribution in [0.5, 0.6) is 5.75 Å². The Balaban J connectivity index is 2.68. The number of nitrogens with one attached hydrogen (secondary N) is 1. The van der Waals surface area contributed by atoms with Crippen molar-refractivity contribution >= 4 is 45.9 Å². The Morgan fingerprint density at radius 1 is 1.40 bits per heavy atom. The highest BCUT2D eigenvalue weighted by molar-refractivity contribution is 8.11. The molecule has 2 rings (SSSR count). The van der Waals surface area contributed by atoms with Gasteiger partial charge in [-0.2, -0.15) is 0 Å². The molecule has 2 aromatic rings. The molecule has 1 aromatic heterocycles. The van der Waals surface area contributed by atoms with Gasteiger partial charge in [-0.15, -0.1) is 12.6 Å². The summed E-state index contributed by atoms with van der Waals surface area (Å²) in [5, 5.41) is 3.02. The van der Waals surface area contributed by atoms with E-state index in [4.69, 9.17) is 21.9 Å². The van der Waals surface area contributed by atoms with Gasteiger partial charge >= 0.3 is 0 Å². The number of aromatic nitrogens is 2. The van der Waals surface area contributed by atoms with Crippen LogP contribution in [0.15, 0.2) is 12.1 Å². The van der Waals surface area contributed by atoms with Crippen LogP contribution in [0.2, 0.25) is 0 Å². The number of nitrogens with zero attached hydrogens (tertiary/aromatic N) is 2. The van der Waals surface area contributed by atoms with Crippen LogP contribution in [0.1, 0.15) is 26.6 Å². The van der Waals surface area contributed by atoms with Gasteiger partial charge in [0, 0.05) is 18.5 Å². The summed E-state index contributed by atoms with van der Waals surface area (Å²) in [5.74, 6) is 1.73. The lowest BCUT2D eigenvalue weighted by molar-refractivity contribution is 0.417. The predicted octanol–water partition coefficient (Wildman–Crippen LogP) is 3.51. The number of thiol groups is 1. The van der Waals surface area contributed by atoms with Gasteiger partial charge < -0.3 is 14.6 Å². The van der Waals surface area contributed by atoms with E-state index in [2.05, 4.69) is 43.3 Å². The highest BCUT2D eigenvalue weighted by Gasteiger charge is 2.22. The number of thiocarbonyl (C=S) groups is 1. The van der Waals surface area contributed by atoms with E-state index in [9.17, 15) is 0 Å². The molecule has 0 unspecified atom stereocenters. The summed E-state index contributed by atoms with van der Waals surface area (Å²) in [4.78, 5) is 4.72. The summed E-state index contributed by atoms with van der Waals surface area (Å²) in [5.41, 5.74) is 2.71. The molecular formula is C14H19N3OS2. The molecule has 0 bridgehead atoms. The number of benzene rings is 1. The Labute approximate surface area is 129 Å². The maximum absolute atomic E-state index is 5.38. The zero-order valence-corrected chi connectivity index (χ0v) is 14.0. The summed E-state index contributed by atoms with van der Waals surface area (Å²) in [6.07, 6.45) is 0. The summed E-state index contributed by atoms with van der Waals surface area (Å²) in [7, 11) is 3.65. The lowest BCUT2D eigenvalue weighted by Crippen LogP contribution is -2.17. The van der Waals surface area contributed by atoms with Gasteiger partial charge in [0.15, 0.2) is 0 Å². The first-order valence-electron chi connectivity index (χ1n) is 6.29. The van der Waals surface area contributed by atoms with Crippen LogP contribution in [0.3, 0.4) is 0 Å². The summed E-state index contributed by atoms with van der Waals surface area (Å²) in [6.45, 7) is 6.44. The average Bonchev–Trinajstić information content (AvgIpc) is 2.64. The van der Waals surface area contributed by atoms with Gasteiger partial charge in [0.1, 0.15) is 15.9 Å². The Morgan fingerprint density at radius 3 is 2.55 bits per heavy atom. The Kier molecular flexibility index (Phi) is 3.97. The van der Waals surface area contributed by atoms with E-state index in [-0.39, 0.29) is 5.41 Å². The van der Waals surface area contributed by atoms with Gasteiger partial charge in [-0.05, 0) is 6.07 Å². The molecule has 0 atom stereocenters. The Hall–Kier alpha value is -1.27. The Morgan fingerprint density at radius 2 is 2.05 bits per heavy atom. The van der Waals surface area contributed by atoms with Crippen LogP contribution in [0, 0.1) is 0 Å². The van der Waals surface area contributed by atoms with Crippen molar-refractivity contribution < 1.29 is 4.74 Å². The smallest absolute Gasteiger partial charge is 0.144 e. The van der Waals surface area contributed by atoms with E-state index in [0.29, 0.717) is 10.1 Å². The van der Waals surface area contributed by atoms with Gasteiger partial charge in [-0.1, -0.05) is 33.0 Å². The fourth-order valence-corrected chi connectivity index (χ4v) is 2.50. The highest BCUT2D eigenvalue weighted by Crippen LogP contribution is 2.33. The zero-order valence-electron chi connectivity index (χ0n) is 12.3. The standard InChI is InChI=1S/C14H19N3OS2/c1-14(2,3)12-15-8-7-11(18-5)9(16-13(19)20)6-10(8)17(12)4/h6-7H,1-5H3,(H2,16,19,20). The molecule has 0 saturated carbocycles. The second kappa shape index (κ2) is 5.26. The van der Waals surface area contributed by atoms with E-state index in [1.165, 1.54) is 0 Å². The highest BCUT2D eigenvalue weighted by atomic mass is 32.1. The molecule has 20 heavy (non-hydrogen) atoms. The molecule has 0 spiro atoms. The minimum Gasteiger partial charge on any atom is -0.494 e. The van der Waals surface area contributed by atoms with Gasteiger partial charge in [-0.3, -0.25) is 0 Å². The van der Waals surface area contributed by atoms with Crippen LogP contribution < -0.4 is 10.1 Å². The van der Waals surface area contributed by atoms with E-state index < -0.39 is 0 Å². The summed E-state index contributed by atoms with van der Waals surface area (Å²) < 4.78 is 7.89. The molecule has 0 fully saturated rings. The monoisotopic (exact) mass is 309 g/mol. The molecule has 0 radical (unpaired) electrons. The number of aryl methyl sites for hydroxylation is 1. The maximum atomic E-state index is 5.38. The molecule has 0 aliphatic heterocycles. The minimum atomic E-state index is -0.0204. The number of hydrogen-bond acceptors (Lipinski definition) is 3. The van der Waals surface area contributed by atoms with Crippen LogP contribution in [0.25, 0.3) is 11.0 Å². The number of ether oxygens (including phenoxy) is 1. The topological polar surface area (TPSA) is 39.1 Å². The fraction of sp³-hybridized carbons (Fsp3) is 0.429. The van der Waals surface area contributed by atoms with Crippen molar-refractivity contribution in [3.8, 4) is 5.75 Å². The number of imidazole rings is 1. The first kappa shape index (κ1) is 15.1. The largest absolute Gasteiger partial charge is 0.494 e. The van der Waals surface area contributed by atoms with Gasteiger partial charge in [-0.25, -0.2) is 4.98 Å². The molecule has 0 amide bonds. The third-order valence-corrected chi connectivity index (χ3v) is 3.33. The van der Waals surface area contributed by atoms with Crippen molar-refractivity contribution in [1.29, 1.82) is 0 Å². The third-order valence-electron chi connectivity index (χ3n) is 3.11. The molecule has 1 aromatic carbocycles. The fourth-order valence-electron chi connectivity index (χ4n) is 2.27. The molecule has 6 heteroatoms. The van der Waals surface area contributed by atoms with Crippen molar-refractivity contribution in [2.24, 2.45) is 7.05 Å². The number of methoxy groups -OCH3 is 1. The lowest BCUT2D eigenvalue weighted by atomic mass is 9.96. The summed E-state index contributed by atoms with van der Waals surface area (Å²) >= 11 is 9.09. The van der Waals surface area contributed by atoms with Crippen molar-refractivity contribution in [2.75, 3.05) is 12.4 Å². The van der Waals surface area contributed by atoms with E-state index in [1.807, 2.05) is 19.2 Å². The predicted molar refractivity (Wildman–Crippen MR) is 91.2 cm³/mol. The molecule has 1 heterocycles. The molecule has 0 saturated heterocycles. The van der Waals surface area contributed by atoms with Gasteiger partial charge in [0.2, 0.25) is 0 Å². The average molecular weight is 309 g/mol. The third kappa shape index (κ3) is 2.76. The second-order valence-corrected chi connectivity index (χ2v) is 6.87. The van der Waals surface area contributed by atoms with Gasteiger partial charge in [0.25, 0.3) is 0 Å². The van der Waals surface area contributed by atoms with Crippen molar-refractivity contribution in [2.45, 2.75) is 26.2 Å². The van der Waals surface area contributed by atoms with E-state index >= 15 is 0 Å². The lowest BCUT2D eigenvalue weighted by Gasteiger charge is -2.17. The normalized spacial score (nSPS) is 11.7. The maximum Gasteiger partial charge on any atom is 0.144 e. The molecule has 1 N–H and O–H groups in total. The quantitative estimate of drug-likeness (QED) is 0.658. The zero-order chi connectivity index (χ0) is 15.1. The number of fused-ring (bicyclic) bond motifs is 1. The van der Waals surface area contributed by atoms with Gasteiger partial charge in [0.05, 0.1) is 23.8 Å². The molecule has 108 valence electrons. The second-order valence-electron chi connectivity index (χ2n) is 5.72. The van der Waals surface area contributed by atoms with Crippen molar-refractivity contribution in [3.63, 3.8) is 0 Å². The number of rotatable bonds is 2. The number of anilines is 1. The van der Waals surface area contributed by atoms with E-state index in [0.717, 1.165) is 22.5 Å². The number of hydrogen-bond donors (Lipinski definition) is 2. The van der Waals surface area contributed by atoms with Crippen LogP contribution >= 0.6 is 24.8 Å². The Bertz CT molecular complexity index is 671. The van der Waals surface area contributed by atoms with Crippen LogP contribution in [-0.2, 0) is 12.5 Å². The molecule has 0 aliphatic carbocycles. The molecular weight excluding hydrogens is 290 g/mol. The SMILES string of the molecule is COc1cc2nc(C(C)(C)C)n(C)c2cc1NC(=S)S. The minimum absolute atomic E-state index is 0.0204. The van der Waals surface area contributed by atoms with Crippen LogP contribution in [-0.4, -0.2) is 21.0 Å².